The number of H-pyrrole nitrogens is 1. The highest BCUT2D eigenvalue weighted by atomic mass is 16.5. The molecular formula is C12H16N4O2. The van der Waals surface area contributed by atoms with Crippen LogP contribution in [0.25, 0.3) is 0 Å². The molecule has 6 nitrogen and oxygen atoms in total. The Bertz CT molecular complexity index is 537. The summed E-state index contributed by atoms with van der Waals surface area (Å²) in [6.07, 6.45) is 2.78. The summed E-state index contributed by atoms with van der Waals surface area (Å²) in [4.78, 5) is 11.9. The predicted octanol–water partition coefficient (Wildman–Crippen LogP) is 1.76. The molecule has 6 heteroatoms. The zero-order valence-electron chi connectivity index (χ0n) is 10.7. The zero-order chi connectivity index (χ0) is 13.1. The van der Waals surface area contributed by atoms with Crippen LogP contribution < -0.4 is 5.32 Å². The van der Waals surface area contributed by atoms with Crippen LogP contribution >= 0.6 is 0 Å². The van der Waals surface area contributed by atoms with E-state index in [1.165, 1.54) is 0 Å². The van der Waals surface area contributed by atoms with Crippen LogP contribution in [0.5, 0.6) is 0 Å². The number of rotatable bonds is 4. The maximum Gasteiger partial charge on any atom is 0.230 e. The van der Waals surface area contributed by atoms with E-state index in [-0.39, 0.29) is 12.3 Å². The first-order valence-corrected chi connectivity index (χ1v) is 5.85. The van der Waals surface area contributed by atoms with Crippen molar-refractivity contribution in [3.8, 4) is 0 Å². The van der Waals surface area contributed by atoms with Crippen LogP contribution in [0.2, 0.25) is 0 Å². The Kier molecular flexibility index (Phi) is 3.45. The van der Waals surface area contributed by atoms with Gasteiger partial charge in [-0.15, -0.1) is 0 Å². The van der Waals surface area contributed by atoms with Crippen LogP contribution in [0.3, 0.4) is 0 Å². The van der Waals surface area contributed by atoms with E-state index in [0.717, 1.165) is 23.2 Å². The molecule has 0 fully saturated rings. The molecule has 18 heavy (non-hydrogen) atoms. The molecular weight excluding hydrogens is 232 g/mol. The third-order valence-electron chi connectivity index (χ3n) is 2.88. The van der Waals surface area contributed by atoms with Gasteiger partial charge in [-0.05, 0) is 20.3 Å². The van der Waals surface area contributed by atoms with Gasteiger partial charge in [0.25, 0.3) is 0 Å². The fourth-order valence-corrected chi connectivity index (χ4v) is 1.79. The molecule has 2 aromatic heterocycles. The molecule has 0 aliphatic carbocycles. The summed E-state index contributed by atoms with van der Waals surface area (Å²) >= 11 is 0. The average Bonchev–Trinajstić information content (AvgIpc) is 2.90. The maximum absolute atomic E-state index is 11.9. The third-order valence-corrected chi connectivity index (χ3v) is 2.88. The Hall–Kier alpha value is -2.11. The second-order valence-corrected chi connectivity index (χ2v) is 4.15. The van der Waals surface area contributed by atoms with Crippen LogP contribution in [0.4, 0.5) is 5.82 Å². The van der Waals surface area contributed by atoms with Gasteiger partial charge in [0.05, 0.1) is 18.3 Å². The molecule has 0 aliphatic heterocycles. The number of nitrogens with zero attached hydrogens (tertiary/aromatic N) is 2. The van der Waals surface area contributed by atoms with E-state index < -0.39 is 0 Å². The molecule has 0 aromatic carbocycles. The number of nitrogens with one attached hydrogen (secondary N) is 2. The van der Waals surface area contributed by atoms with Crippen molar-refractivity contribution in [2.24, 2.45) is 0 Å². The molecule has 0 aliphatic rings. The minimum absolute atomic E-state index is 0.108. The van der Waals surface area contributed by atoms with Gasteiger partial charge < -0.3 is 9.84 Å². The predicted molar refractivity (Wildman–Crippen MR) is 66.3 cm³/mol. The highest BCUT2D eigenvalue weighted by Crippen LogP contribution is 2.15. The van der Waals surface area contributed by atoms with Gasteiger partial charge >= 0.3 is 0 Å². The number of anilines is 1. The summed E-state index contributed by atoms with van der Waals surface area (Å²) in [6, 6.07) is 0. The van der Waals surface area contributed by atoms with E-state index in [1.807, 2.05) is 13.8 Å². The van der Waals surface area contributed by atoms with Crippen molar-refractivity contribution in [2.45, 2.75) is 33.6 Å². The van der Waals surface area contributed by atoms with Crippen LogP contribution in [0.1, 0.15) is 29.5 Å². The molecule has 0 unspecified atom stereocenters. The second kappa shape index (κ2) is 5.03. The lowest BCUT2D eigenvalue weighted by Crippen LogP contribution is -2.16. The number of aromatic amines is 1. The molecule has 0 radical (unpaired) electrons. The Morgan fingerprint density at radius 3 is 2.89 bits per heavy atom. The lowest BCUT2D eigenvalue weighted by molar-refractivity contribution is -0.115. The van der Waals surface area contributed by atoms with E-state index in [2.05, 4.69) is 20.7 Å². The number of aromatic nitrogens is 3. The van der Waals surface area contributed by atoms with E-state index in [4.69, 9.17) is 4.52 Å². The molecule has 1 amide bonds. The van der Waals surface area contributed by atoms with Crippen molar-refractivity contribution in [3.63, 3.8) is 0 Å². The number of amides is 1. The van der Waals surface area contributed by atoms with Crippen molar-refractivity contribution in [1.82, 2.24) is 15.4 Å². The Morgan fingerprint density at radius 2 is 2.28 bits per heavy atom. The summed E-state index contributed by atoms with van der Waals surface area (Å²) in [6.45, 7) is 5.64. The highest BCUT2D eigenvalue weighted by molar-refractivity contribution is 5.92. The van der Waals surface area contributed by atoms with Gasteiger partial charge in [0.15, 0.2) is 0 Å². The van der Waals surface area contributed by atoms with Gasteiger partial charge in [-0.2, -0.15) is 5.10 Å². The SMILES string of the molecule is CCc1cn[nH]c1NC(=O)Cc1c(C)noc1C. The molecule has 2 aromatic rings. The van der Waals surface area contributed by atoms with Crippen LogP contribution in [0.15, 0.2) is 10.7 Å². The standard InChI is InChI=1S/C12H16N4O2/c1-4-9-6-13-15-12(9)14-11(17)5-10-7(2)16-18-8(10)3/h6H,4-5H2,1-3H3,(H2,13,14,15,17). The van der Waals surface area contributed by atoms with Crippen LogP contribution in [-0.4, -0.2) is 21.3 Å². The number of carbonyl (C=O) groups excluding carboxylic acids is 1. The molecule has 0 spiro atoms. The molecule has 2 rings (SSSR count). The molecule has 2 heterocycles. The summed E-state index contributed by atoms with van der Waals surface area (Å²) < 4.78 is 5.03. The van der Waals surface area contributed by atoms with Crippen LogP contribution in [0, 0.1) is 13.8 Å². The molecule has 96 valence electrons. The Morgan fingerprint density at radius 1 is 1.50 bits per heavy atom. The van der Waals surface area contributed by atoms with E-state index >= 15 is 0 Å². The van der Waals surface area contributed by atoms with Crippen molar-refractivity contribution < 1.29 is 9.32 Å². The lowest BCUT2D eigenvalue weighted by atomic mass is 10.1. The Balaban J connectivity index is 2.06. The topological polar surface area (TPSA) is 83.8 Å². The summed E-state index contributed by atoms with van der Waals surface area (Å²) in [5, 5.41) is 13.3. The molecule has 0 atom stereocenters. The van der Waals surface area contributed by atoms with E-state index in [1.54, 1.807) is 13.1 Å². The first kappa shape index (κ1) is 12.3. The van der Waals surface area contributed by atoms with Gasteiger partial charge in [-0.1, -0.05) is 12.1 Å². The fraction of sp³-hybridized carbons (Fsp3) is 0.417. The van der Waals surface area contributed by atoms with E-state index in [9.17, 15) is 4.79 Å². The lowest BCUT2D eigenvalue weighted by Gasteiger charge is -2.04. The minimum Gasteiger partial charge on any atom is -0.361 e. The fourth-order valence-electron chi connectivity index (χ4n) is 1.79. The van der Waals surface area contributed by atoms with Gasteiger partial charge in [0.2, 0.25) is 5.91 Å². The van der Waals surface area contributed by atoms with E-state index in [0.29, 0.717) is 11.6 Å². The molecule has 0 saturated carbocycles. The molecule has 2 N–H and O–H groups in total. The average molecular weight is 248 g/mol. The first-order valence-electron chi connectivity index (χ1n) is 5.85. The first-order chi connectivity index (χ1) is 8.61. The molecule has 0 bridgehead atoms. The van der Waals surface area contributed by atoms with Crippen LogP contribution in [-0.2, 0) is 17.6 Å². The van der Waals surface area contributed by atoms with Gasteiger partial charge in [0, 0.05) is 11.1 Å². The van der Waals surface area contributed by atoms with Crippen molar-refractivity contribution in [2.75, 3.05) is 5.32 Å². The quantitative estimate of drug-likeness (QED) is 0.863. The second-order valence-electron chi connectivity index (χ2n) is 4.15. The van der Waals surface area contributed by atoms with Gasteiger partial charge in [-0.25, -0.2) is 0 Å². The number of hydrogen-bond donors (Lipinski definition) is 2. The number of hydrogen-bond acceptors (Lipinski definition) is 4. The Labute approximate surface area is 105 Å². The highest BCUT2D eigenvalue weighted by Gasteiger charge is 2.14. The summed E-state index contributed by atoms with van der Waals surface area (Å²) in [5.41, 5.74) is 2.58. The zero-order valence-corrected chi connectivity index (χ0v) is 10.7. The summed E-state index contributed by atoms with van der Waals surface area (Å²) in [5.74, 6) is 1.24. The number of carbonyl (C=O) groups is 1. The number of aryl methyl sites for hydroxylation is 3. The monoisotopic (exact) mass is 248 g/mol. The van der Waals surface area contributed by atoms with Gasteiger partial charge in [0.1, 0.15) is 11.6 Å². The maximum atomic E-state index is 11.9. The normalized spacial score (nSPS) is 10.6. The van der Waals surface area contributed by atoms with Crippen molar-refractivity contribution in [1.29, 1.82) is 0 Å². The van der Waals surface area contributed by atoms with Gasteiger partial charge in [-0.3, -0.25) is 9.89 Å². The third kappa shape index (κ3) is 2.42. The molecule has 0 saturated heterocycles. The minimum atomic E-state index is -0.108. The summed E-state index contributed by atoms with van der Waals surface area (Å²) in [7, 11) is 0. The van der Waals surface area contributed by atoms with Crippen molar-refractivity contribution >= 4 is 11.7 Å². The van der Waals surface area contributed by atoms with Crippen molar-refractivity contribution in [3.05, 3.63) is 28.8 Å². The largest absolute Gasteiger partial charge is 0.361 e. The smallest absolute Gasteiger partial charge is 0.230 e.